The Hall–Kier alpha value is -1.06. The van der Waals surface area contributed by atoms with Crippen molar-refractivity contribution in [3.05, 3.63) is 29.3 Å². The van der Waals surface area contributed by atoms with Crippen molar-refractivity contribution in [1.82, 2.24) is 10.2 Å². The van der Waals surface area contributed by atoms with Gasteiger partial charge >= 0.3 is 0 Å². The van der Waals surface area contributed by atoms with E-state index < -0.39 is 0 Å². The van der Waals surface area contributed by atoms with Gasteiger partial charge in [-0.25, -0.2) is 0 Å². The van der Waals surface area contributed by atoms with Gasteiger partial charge in [-0.3, -0.25) is 10.2 Å². The molecule has 2 atom stereocenters. The number of methoxy groups -OCH3 is 1. The van der Waals surface area contributed by atoms with Crippen LogP contribution in [0, 0.1) is 0 Å². The Labute approximate surface area is 143 Å². The lowest BCUT2D eigenvalue weighted by molar-refractivity contribution is 0.178. The predicted octanol–water partition coefficient (Wildman–Crippen LogP) is 4.25. The number of hydrogen-bond acceptors (Lipinski definition) is 3. The molecule has 0 aromatic heterocycles. The van der Waals surface area contributed by atoms with E-state index in [1.807, 2.05) is 13.8 Å². The molecule has 0 saturated carbocycles. The summed E-state index contributed by atoms with van der Waals surface area (Å²) in [5.74, 6) is 1.05. The molecule has 0 fully saturated rings. The van der Waals surface area contributed by atoms with E-state index in [0.29, 0.717) is 12.2 Å². The summed E-state index contributed by atoms with van der Waals surface area (Å²) in [6.07, 6.45) is 6.36. The van der Waals surface area contributed by atoms with Crippen molar-refractivity contribution in [1.29, 1.82) is 0 Å². The Balaban J connectivity index is 0.00000127. The summed E-state index contributed by atoms with van der Waals surface area (Å²) in [6, 6.07) is 6.99. The van der Waals surface area contributed by atoms with Crippen molar-refractivity contribution in [2.45, 2.75) is 72.0 Å². The molecule has 0 bridgehead atoms. The van der Waals surface area contributed by atoms with Gasteiger partial charge in [-0.1, -0.05) is 46.2 Å². The summed E-state index contributed by atoms with van der Waals surface area (Å²) in [7, 11) is 3.99. The lowest BCUT2D eigenvalue weighted by atomic mass is 9.87. The highest BCUT2D eigenvalue weighted by molar-refractivity contribution is 5.42. The fourth-order valence-corrected chi connectivity index (χ4v) is 3.29. The topological polar surface area (TPSA) is 24.5 Å². The minimum atomic E-state index is 0.487. The standard InChI is InChI=1S/C18H30N2O.C2H6/c1-5-8-18(20(3)6-2)19-15-12-11-14-9-7-10-17(21-4)16(14)13-15;1-2/h7,9-10,15,18-19H,5-6,8,11-13H2,1-4H3;1-2H3/t15?,18-;/m1./s1. The Kier molecular flexibility index (Phi) is 9.27. The zero-order valence-corrected chi connectivity index (χ0v) is 16.0. The molecule has 0 spiro atoms. The van der Waals surface area contributed by atoms with Gasteiger partial charge in [0.05, 0.1) is 13.3 Å². The van der Waals surface area contributed by atoms with Crippen molar-refractivity contribution < 1.29 is 4.74 Å². The van der Waals surface area contributed by atoms with E-state index in [9.17, 15) is 0 Å². The number of nitrogens with one attached hydrogen (secondary N) is 1. The van der Waals surface area contributed by atoms with Crippen LogP contribution >= 0.6 is 0 Å². The maximum atomic E-state index is 5.54. The molecule has 23 heavy (non-hydrogen) atoms. The van der Waals surface area contributed by atoms with E-state index in [1.54, 1.807) is 7.11 Å². The molecule has 1 aromatic rings. The number of benzene rings is 1. The minimum Gasteiger partial charge on any atom is -0.496 e. The van der Waals surface area contributed by atoms with E-state index >= 15 is 0 Å². The Morgan fingerprint density at radius 1 is 1.30 bits per heavy atom. The zero-order chi connectivity index (χ0) is 17.2. The Morgan fingerprint density at radius 2 is 2.04 bits per heavy atom. The van der Waals surface area contributed by atoms with Gasteiger partial charge in [0.1, 0.15) is 5.75 Å². The smallest absolute Gasteiger partial charge is 0.122 e. The number of rotatable bonds is 7. The molecular weight excluding hydrogens is 284 g/mol. The molecule has 132 valence electrons. The second-order valence-corrected chi connectivity index (χ2v) is 6.08. The predicted molar refractivity (Wildman–Crippen MR) is 100 cm³/mol. The second-order valence-electron chi connectivity index (χ2n) is 6.08. The maximum absolute atomic E-state index is 5.54. The maximum Gasteiger partial charge on any atom is 0.122 e. The number of nitrogens with zero attached hydrogens (tertiary/aromatic N) is 1. The van der Waals surface area contributed by atoms with Gasteiger partial charge in [-0.15, -0.1) is 0 Å². The third-order valence-corrected chi connectivity index (χ3v) is 4.68. The van der Waals surface area contributed by atoms with Crippen LogP contribution in [-0.4, -0.2) is 37.8 Å². The SMILES string of the molecule is CC.CCC[C@H](NC1CCc2cccc(OC)c2C1)N(C)CC. The normalized spacial score (nSPS) is 18.0. The molecule has 1 N–H and O–H groups in total. The first kappa shape index (κ1) is 20.0. The quantitative estimate of drug-likeness (QED) is 0.760. The highest BCUT2D eigenvalue weighted by Gasteiger charge is 2.24. The van der Waals surface area contributed by atoms with Crippen LogP contribution < -0.4 is 10.1 Å². The average molecular weight is 321 g/mol. The van der Waals surface area contributed by atoms with Crippen molar-refractivity contribution in [3.8, 4) is 5.75 Å². The average Bonchev–Trinajstić information content (AvgIpc) is 2.61. The van der Waals surface area contributed by atoms with Crippen molar-refractivity contribution in [3.63, 3.8) is 0 Å². The first-order valence-electron chi connectivity index (χ1n) is 9.30. The number of fused-ring (bicyclic) bond motifs is 1. The summed E-state index contributed by atoms with van der Waals surface area (Å²) in [6.45, 7) is 9.57. The molecule has 0 radical (unpaired) electrons. The molecule has 1 aliphatic rings. The molecule has 0 amide bonds. The van der Waals surface area contributed by atoms with Gasteiger partial charge in [0.15, 0.2) is 0 Å². The van der Waals surface area contributed by atoms with Crippen molar-refractivity contribution in [2.75, 3.05) is 20.7 Å². The van der Waals surface area contributed by atoms with Gasteiger partial charge in [-0.2, -0.15) is 0 Å². The molecule has 0 saturated heterocycles. The van der Waals surface area contributed by atoms with Crippen LogP contribution in [0.2, 0.25) is 0 Å². The van der Waals surface area contributed by atoms with Crippen molar-refractivity contribution >= 4 is 0 Å². The first-order valence-corrected chi connectivity index (χ1v) is 9.30. The summed E-state index contributed by atoms with van der Waals surface area (Å²) in [5, 5.41) is 3.87. The highest BCUT2D eigenvalue weighted by Crippen LogP contribution is 2.29. The fraction of sp³-hybridized carbons (Fsp3) is 0.700. The summed E-state index contributed by atoms with van der Waals surface area (Å²) in [4.78, 5) is 2.42. The van der Waals surface area contributed by atoms with Crippen LogP contribution in [0.15, 0.2) is 18.2 Å². The third kappa shape index (κ3) is 5.50. The zero-order valence-electron chi connectivity index (χ0n) is 16.0. The second kappa shape index (κ2) is 10.7. The number of hydrogen-bond donors (Lipinski definition) is 1. The molecule has 1 unspecified atom stereocenters. The van der Waals surface area contributed by atoms with Crippen LogP contribution in [0.25, 0.3) is 0 Å². The van der Waals surface area contributed by atoms with Crippen LogP contribution in [-0.2, 0) is 12.8 Å². The molecule has 1 aromatic carbocycles. The van der Waals surface area contributed by atoms with E-state index in [-0.39, 0.29) is 0 Å². The van der Waals surface area contributed by atoms with E-state index in [2.05, 4.69) is 49.3 Å². The number of ether oxygens (including phenoxy) is 1. The molecular formula is C20H36N2O. The van der Waals surface area contributed by atoms with E-state index in [0.717, 1.165) is 25.1 Å². The lowest BCUT2D eigenvalue weighted by Crippen LogP contribution is -2.49. The first-order chi connectivity index (χ1) is 11.2. The molecule has 0 heterocycles. The molecule has 3 heteroatoms. The largest absolute Gasteiger partial charge is 0.496 e. The van der Waals surface area contributed by atoms with Gasteiger partial charge in [0, 0.05) is 6.04 Å². The van der Waals surface area contributed by atoms with Gasteiger partial charge in [-0.05, 0) is 56.5 Å². The summed E-state index contributed by atoms with van der Waals surface area (Å²) >= 11 is 0. The molecule has 1 aliphatic carbocycles. The summed E-state index contributed by atoms with van der Waals surface area (Å²) in [5.41, 5.74) is 2.86. The molecule has 3 nitrogen and oxygen atoms in total. The third-order valence-electron chi connectivity index (χ3n) is 4.68. The highest BCUT2D eigenvalue weighted by atomic mass is 16.5. The molecule has 0 aliphatic heterocycles. The van der Waals surface area contributed by atoms with Crippen molar-refractivity contribution in [2.24, 2.45) is 0 Å². The Morgan fingerprint density at radius 3 is 2.65 bits per heavy atom. The Bertz CT molecular complexity index is 433. The van der Waals surface area contributed by atoms with E-state index in [1.165, 1.54) is 30.4 Å². The molecule has 2 rings (SSSR count). The fourth-order valence-electron chi connectivity index (χ4n) is 3.29. The van der Waals surface area contributed by atoms with Crippen LogP contribution in [0.4, 0.5) is 0 Å². The van der Waals surface area contributed by atoms with Gasteiger partial charge in [0.2, 0.25) is 0 Å². The van der Waals surface area contributed by atoms with Gasteiger partial charge < -0.3 is 4.74 Å². The van der Waals surface area contributed by atoms with Gasteiger partial charge in [0.25, 0.3) is 0 Å². The monoisotopic (exact) mass is 320 g/mol. The van der Waals surface area contributed by atoms with E-state index in [4.69, 9.17) is 4.74 Å². The minimum absolute atomic E-state index is 0.487. The summed E-state index contributed by atoms with van der Waals surface area (Å²) < 4.78 is 5.54. The lowest BCUT2D eigenvalue weighted by Gasteiger charge is -2.34. The van der Waals surface area contributed by atoms with Crippen LogP contribution in [0.3, 0.4) is 0 Å². The van der Waals surface area contributed by atoms with Crippen LogP contribution in [0.1, 0.15) is 58.1 Å². The van der Waals surface area contributed by atoms with Crippen LogP contribution in [0.5, 0.6) is 5.75 Å². The number of aryl methyl sites for hydroxylation is 1.